The first-order valence-electron chi connectivity index (χ1n) is 8.73. The first-order valence-corrected chi connectivity index (χ1v) is 8.73. The molecule has 0 fully saturated rings. The van der Waals surface area contributed by atoms with E-state index in [-0.39, 0.29) is 16.9 Å². The van der Waals surface area contributed by atoms with Crippen molar-refractivity contribution in [3.8, 4) is 6.07 Å². The van der Waals surface area contributed by atoms with Crippen LogP contribution in [0.25, 0.3) is 11.0 Å². The number of halogens is 3. The Morgan fingerprint density at radius 1 is 1.21 bits per heavy atom. The number of rotatable bonds is 3. The zero-order valence-corrected chi connectivity index (χ0v) is 16.0. The molecule has 1 N–H and O–H groups in total. The lowest BCUT2D eigenvalue weighted by Crippen LogP contribution is -2.21. The second-order valence-corrected chi connectivity index (χ2v) is 7.78. The molecular formula is C20H18F3N5O. The van der Waals surface area contributed by atoms with E-state index in [1.54, 1.807) is 22.8 Å². The van der Waals surface area contributed by atoms with Crippen molar-refractivity contribution in [1.82, 2.24) is 14.5 Å². The van der Waals surface area contributed by atoms with Crippen LogP contribution in [0, 0.1) is 16.7 Å². The molecule has 1 amide bonds. The number of nitriles is 1. The summed E-state index contributed by atoms with van der Waals surface area (Å²) in [6.07, 6.45) is -3.70. The maximum absolute atomic E-state index is 12.7. The van der Waals surface area contributed by atoms with Crippen molar-refractivity contribution < 1.29 is 18.0 Å². The summed E-state index contributed by atoms with van der Waals surface area (Å²) < 4.78 is 39.8. The highest BCUT2D eigenvalue weighted by Gasteiger charge is 2.32. The van der Waals surface area contributed by atoms with Crippen LogP contribution in [0.3, 0.4) is 0 Å². The summed E-state index contributed by atoms with van der Waals surface area (Å²) in [5, 5.41) is 11.8. The third kappa shape index (κ3) is 4.54. The minimum Gasteiger partial charge on any atom is -0.309 e. The van der Waals surface area contributed by atoms with Gasteiger partial charge in [0.05, 0.1) is 28.2 Å². The van der Waals surface area contributed by atoms with Crippen molar-refractivity contribution in [3.05, 3.63) is 53.3 Å². The van der Waals surface area contributed by atoms with Gasteiger partial charge in [0.15, 0.2) is 0 Å². The van der Waals surface area contributed by atoms with E-state index in [1.807, 2.05) is 20.8 Å². The average molecular weight is 401 g/mol. The molecule has 29 heavy (non-hydrogen) atoms. The van der Waals surface area contributed by atoms with Crippen LogP contribution in [0.5, 0.6) is 0 Å². The SMILES string of the molecule is CC(C)(C)Cn1c(NC(=O)c2ccc(C(F)(F)F)nc2)nc2ccc(C#N)cc21. The zero-order valence-electron chi connectivity index (χ0n) is 16.0. The Morgan fingerprint density at radius 3 is 2.48 bits per heavy atom. The maximum Gasteiger partial charge on any atom is 0.433 e. The minimum atomic E-state index is -4.58. The van der Waals surface area contributed by atoms with Crippen LogP contribution >= 0.6 is 0 Å². The van der Waals surface area contributed by atoms with Gasteiger partial charge in [-0.2, -0.15) is 18.4 Å². The number of carbonyl (C=O) groups is 1. The molecule has 0 saturated carbocycles. The fourth-order valence-corrected chi connectivity index (χ4v) is 2.79. The summed E-state index contributed by atoms with van der Waals surface area (Å²) in [6, 6.07) is 8.89. The topological polar surface area (TPSA) is 83.6 Å². The predicted molar refractivity (Wildman–Crippen MR) is 101 cm³/mol. The van der Waals surface area contributed by atoms with Crippen molar-refractivity contribution in [1.29, 1.82) is 5.26 Å². The normalized spacial score (nSPS) is 12.0. The number of imidazole rings is 1. The van der Waals surface area contributed by atoms with Gasteiger partial charge in [0.1, 0.15) is 5.69 Å². The number of nitrogens with one attached hydrogen (secondary N) is 1. The van der Waals surface area contributed by atoms with Crippen molar-refractivity contribution in [2.45, 2.75) is 33.5 Å². The smallest absolute Gasteiger partial charge is 0.309 e. The Labute approximate surface area is 165 Å². The number of benzene rings is 1. The van der Waals surface area contributed by atoms with E-state index in [0.29, 0.717) is 23.1 Å². The Kier molecular flexibility index (Phi) is 5.05. The Morgan fingerprint density at radius 2 is 1.93 bits per heavy atom. The van der Waals surface area contributed by atoms with Crippen LogP contribution in [-0.2, 0) is 12.7 Å². The molecule has 150 valence electrons. The van der Waals surface area contributed by atoms with Gasteiger partial charge in [-0.3, -0.25) is 15.1 Å². The molecule has 3 aromatic rings. The number of nitrogens with zero attached hydrogens (tertiary/aromatic N) is 4. The lowest BCUT2D eigenvalue weighted by atomic mass is 9.97. The van der Waals surface area contributed by atoms with E-state index in [9.17, 15) is 18.0 Å². The van der Waals surface area contributed by atoms with Crippen molar-refractivity contribution in [2.24, 2.45) is 5.41 Å². The molecule has 0 unspecified atom stereocenters. The first kappa shape index (κ1) is 20.3. The van der Waals surface area contributed by atoms with E-state index in [0.717, 1.165) is 18.3 Å². The molecule has 0 atom stereocenters. The van der Waals surface area contributed by atoms with Crippen LogP contribution in [0.4, 0.5) is 19.1 Å². The van der Waals surface area contributed by atoms with Gasteiger partial charge < -0.3 is 4.57 Å². The van der Waals surface area contributed by atoms with Gasteiger partial charge in [0, 0.05) is 12.7 Å². The van der Waals surface area contributed by atoms with Crippen molar-refractivity contribution in [2.75, 3.05) is 5.32 Å². The Balaban J connectivity index is 1.97. The Hall–Kier alpha value is -3.41. The predicted octanol–water partition coefficient (Wildman–Crippen LogP) is 4.62. The summed E-state index contributed by atoms with van der Waals surface area (Å²) in [7, 11) is 0. The molecule has 6 nitrogen and oxygen atoms in total. The summed E-state index contributed by atoms with van der Waals surface area (Å²) >= 11 is 0. The average Bonchev–Trinajstić information content (AvgIpc) is 2.96. The number of alkyl halides is 3. The van der Waals surface area contributed by atoms with Gasteiger partial charge >= 0.3 is 6.18 Å². The van der Waals surface area contributed by atoms with E-state index >= 15 is 0 Å². The van der Waals surface area contributed by atoms with E-state index < -0.39 is 17.8 Å². The third-order valence-corrected chi connectivity index (χ3v) is 4.05. The van der Waals surface area contributed by atoms with E-state index in [1.165, 1.54) is 0 Å². The minimum absolute atomic E-state index is 0.0231. The number of hydrogen-bond donors (Lipinski definition) is 1. The summed E-state index contributed by atoms with van der Waals surface area (Å²) in [6.45, 7) is 6.54. The van der Waals surface area contributed by atoms with Crippen LogP contribution < -0.4 is 5.32 Å². The molecule has 0 aliphatic heterocycles. The summed E-state index contributed by atoms with van der Waals surface area (Å²) in [5.41, 5.74) is 0.473. The molecule has 0 bridgehead atoms. The highest BCUT2D eigenvalue weighted by atomic mass is 19.4. The molecule has 3 rings (SSSR count). The molecule has 1 aromatic carbocycles. The highest BCUT2D eigenvalue weighted by molar-refractivity contribution is 6.04. The summed E-state index contributed by atoms with van der Waals surface area (Å²) in [4.78, 5) is 20.3. The molecule has 0 aliphatic rings. The number of amides is 1. The summed E-state index contributed by atoms with van der Waals surface area (Å²) in [5.74, 6) is -0.382. The number of anilines is 1. The van der Waals surface area contributed by atoms with Crippen molar-refractivity contribution in [3.63, 3.8) is 0 Å². The van der Waals surface area contributed by atoms with Crippen LogP contribution in [-0.4, -0.2) is 20.4 Å². The largest absolute Gasteiger partial charge is 0.433 e. The van der Waals surface area contributed by atoms with E-state index in [2.05, 4.69) is 21.4 Å². The van der Waals surface area contributed by atoms with Crippen LogP contribution in [0.2, 0.25) is 0 Å². The first-order chi connectivity index (χ1) is 13.5. The molecule has 0 spiro atoms. The van der Waals surface area contributed by atoms with Gasteiger partial charge in [-0.05, 0) is 35.7 Å². The van der Waals surface area contributed by atoms with Gasteiger partial charge in [-0.1, -0.05) is 20.8 Å². The third-order valence-electron chi connectivity index (χ3n) is 4.05. The number of carbonyl (C=O) groups excluding carboxylic acids is 1. The van der Waals surface area contributed by atoms with Gasteiger partial charge in [0.2, 0.25) is 5.95 Å². The van der Waals surface area contributed by atoms with Crippen molar-refractivity contribution >= 4 is 22.9 Å². The number of fused-ring (bicyclic) bond motifs is 1. The molecule has 9 heteroatoms. The maximum atomic E-state index is 12.7. The second kappa shape index (κ2) is 7.20. The molecular weight excluding hydrogens is 383 g/mol. The molecule has 0 saturated heterocycles. The molecule has 0 aliphatic carbocycles. The fraction of sp³-hybridized carbons (Fsp3) is 0.300. The van der Waals surface area contributed by atoms with Gasteiger partial charge in [0.25, 0.3) is 5.91 Å². The monoisotopic (exact) mass is 401 g/mol. The lowest BCUT2D eigenvalue weighted by Gasteiger charge is -2.21. The lowest BCUT2D eigenvalue weighted by molar-refractivity contribution is -0.141. The Bertz CT molecular complexity index is 1100. The molecule has 0 radical (unpaired) electrons. The number of pyridine rings is 1. The van der Waals surface area contributed by atoms with E-state index in [4.69, 9.17) is 5.26 Å². The quantitative estimate of drug-likeness (QED) is 0.694. The fourth-order valence-electron chi connectivity index (χ4n) is 2.79. The standard InChI is InChI=1S/C20H18F3N5O/c1-19(2,3)11-28-15-8-12(9-24)4-6-14(15)26-18(28)27-17(29)13-5-7-16(25-10-13)20(21,22)23/h4-8,10H,11H2,1-3H3,(H,26,27,29). The second-order valence-electron chi connectivity index (χ2n) is 7.78. The molecule has 2 heterocycles. The number of hydrogen-bond acceptors (Lipinski definition) is 4. The van der Waals surface area contributed by atoms with Gasteiger partial charge in [-0.15, -0.1) is 0 Å². The highest BCUT2D eigenvalue weighted by Crippen LogP contribution is 2.28. The van der Waals surface area contributed by atoms with Crippen LogP contribution in [0.15, 0.2) is 36.5 Å². The number of aromatic nitrogens is 3. The molecule has 2 aromatic heterocycles. The van der Waals surface area contributed by atoms with Gasteiger partial charge in [-0.25, -0.2) is 4.98 Å². The zero-order chi connectivity index (χ0) is 21.4. The van der Waals surface area contributed by atoms with Crippen LogP contribution in [0.1, 0.15) is 42.4 Å².